The number of amides is 1. The van der Waals surface area contributed by atoms with E-state index in [9.17, 15) is 14.7 Å². The van der Waals surface area contributed by atoms with Crippen LogP contribution >= 0.6 is 0 Å². The summed E-state index contributed by atoms with van der Waals surface area (Å²) in [6.45, 7) is 4.45. The van der Waals surface area contributed by atoms with E-state index in [1.165, 1.54) is 10.9 Å². The maximum absolute atomic E-state index is 12.5. The molecule has 0 saturated carbocycles. The number of fused-ring (bicyclic) bond motifs is 5. The Hall–Kier alpha value is -2.30. The van der Waals surface area contributed by atoms with Gasteiger partial charge in [0.2, 0.25) is 5.91 Å². The molecule has 2 aromatic rings. The van der Waals surface area contributed by atoms with Gasteiger partial charge in [-0.15, -0.1) is 0 Å². The van der Waals surface area contributed by atoms with Gasteiger partial charge in [0.15, 0.2) is 0 Å². The number of hydrogen-bond acceptors (Lipinski definition) is 2. The summed E-state index contributed by atoms with van der Waals surface area (Å²) >= 11 is 0. The summed E-state index contributed by atoms with van der Waals surface area (Å²) in [6, 6.07) is 8.02. The van der Waals surface area contributed by atoms with Crippen LogP contribution < -0.4 is 0 Å². The highest BCUT2D eigenvalue weighted by molar-refractivity contribution is 5.87. The standard InChI is InChI=1S/C20H24N2O3/c1-3-20(2,19(24)25)14-8-9-16(23)22-11-10-13-12-6-4-5-7-15(12)21-17(13)18(14)22/h4-7,14,18,21H,3,8-11H2,1-2H3,(H,24,25). The van der Waals surface area contributed by atoms with Crippen molar-refractivity contribution in [1.82, 2.24) is 9.88 Å². The van der Waals surface area contributed by atoms with E-state index in [1.807, 2.05) is 36.9 Å². The highest BCUT2D eigenvalue weighted by atomic mass is 16.4. The molecule has 2 N–H and O–H groups in total. The lowest BCUT2D eigenvalue weighted by molar-refractivity contribution is -0.160. The third-order valence-electron chi connectivity index (χ3n) is 6.49. The van der Waals surface area contributed by atoms with E-state index in [1.54, 1.807) is 0 Å². The number of aromatic nitrogens is 1. The molecule has 4 rings (SSSR count). The predicted octanol–water partition coefficient (Wildman–Crippen LogP) is 3.50. The number of carboxylic acid groups (broad SMARTS) is 1. The third-order valence-corrected chi connectivity index (χ3v) is 6.49. The first kappa shape index (κ1) is 16.2. The van der Waals surface area contributed by atoms with Crippen molar-refractivity contribution >= 4 is 22.8 Å². The molecule has 1 aromatic heterocycles. The molecule has 1 amide bonds. The topological polar surface area (TPSA) is 73.4 Å². The lowest BCUT2D eigenvalue weighted by Crippen LogP contribution is -2.52. The second-order valence-corrected chi connectivity index (χ2v) is 7.57. The van der Waals surface area contributed by atoms with Gasteiger partial charge in [-0.2, -0.15) is 0 Å². The van der Waals surface area contributed by atoms with Crippen molar-refractivity contribution in [1.29, 1.82) is 0 Å². The number of hydrogen-bond donors (Lipinski definition) is 2. The Labute approximate surface area is 147 Å². The molecule has 3 unspecified atom stereocenters. The Morgan fingerprint density at radius 2 is 2.12 bits per heavy atom. The summed E-state index contributed by atoms with van der Waals surface area (Å²) in [5.41, 5.74) is 2.53. The van der Waals surface area contributed by atoms with E-state index in [0.717, 1.165) is 17.6 Å². The zero-order valence-corrected chi connectivity index (χ0v) is 14.7. The van der Waals surface area contributed by atoms with Gasteiger partial charge in [-0.1, -0.05) is 25.1 Å². The maximum atomic E-state index is 12.5. The molecule has 0 aliphatic carbocycles. The lowest BCUT2D eigenvalue weighted by atomic mass is 9.65. The number of H-pyrrole nitrogens is 1. The SMILES string of the molecule is CCC(C)(C(=O)O)C1CCC(=O)N2CCc3c([nH]c4ccccc34)C12. The van der Waals surface area contributed by atoms with Crippen LogP contribution in [0.5, 0.6) is 0 Å². The van der Waals surface area contributed by atoms with Crippen LogP contribution in [0.15, 0.2) is 24.3 Å². The van der Waals surface area contributed by atoms with Gasteiger partial charge in [-0.3, -0.25) is 9.59 Å². The Morgan fingerprint density at radius 3 is 2.84 bits per heavy atom. The van der Waals surface area contributed by atoms with E-state index in [-0.39, 0.29) is 17.9 Å². The van der Waals surface area contributed by atoms with Gasteiger partial charge >= 0.3 is 5.97 Å². The zero-order chi connectivity index (χ0) is 17.8. The Morgan fingerprint density at radius 1 is 1.36 bits per heavy atom. The highest BCUT2D eigenvalue weighted by Crippen LogP contribution is 2.50. The van der Waals surface area contributed by atoms with Gasteiger partial charge in [0, 0.05) is 35.5 Å². The molecule has 0 radical (unpaired) electrons. The van der Waals surface area contributed by atoms with E-state index in [4.69, 9.17) is 0 Å². The molecular formula is C20H24N2O3. The van der Waals surface area contributed by atoms with Crippen LogP contribution in [0.3, 0.4) is 0 Å². The van der Waals surface area contributed by atoms with Crippen LogP contribution in [0.4, 0.5) is 0 Å². The maximum Gasteiger partial charge on any atom is 0.309 e. The average molecular weight is 340 g/mol. The van der Waals surface area contributed by atoms with Crippen molar-refractivity contribution in [2.45, 2.75) is 45.6 Å². The van der Waals surface area contributed by atoms with Crippen molar-refractivity contribution in [2.75, 3.05) is 6.54 Å². The Balaban J connectivity index is 1.89. The van der Waals surface area contributed by atoms with Crippen molar-refractivity contribution in [3.8, 4) is 0 Å². The first-order valence-electron chi connectivity index (χ1n) is 9.09. The molecule has 0 spiro atoms. The highest BCUT2D eigenvalue weighted by Gasteiger charge is 2.51. The fraction of sp³-hybridized carbons (Fsp3) is 0.500. The smallest absolute Gasteiger partial charge is 0.309 e. The average Bonchev–Trinajstić information content (AvgIpc) is 3.00. The molecule has 3 heterocycles. The number of aromatic amines is 1. The first-order chi connectivity index (χ1) is 12.0. The van der Waals surface area contributed by atoms with Crippen LogP contribution in [0.2, 0.25) is 0 Å². The fourth-order valence-electron chi connectivity index (χ4n) is 4.79. The summed E-state index contributed by atoms with van der Waals surface area (Å²) in [4.78, 5) is 30.1. The molecule has 5 nitrogen and oxygen atoms in total. The van der Waals surface area contributed by atoms with Gasteiger partial charge in [0.05, 0.1) is 11.5 Å². The zero-order valence-electron chi connectivity index (χ0n) is 14.7. The molecule has 3 atom stereocenters. The molecule has 2 aliphatic rings. The van der Waals surface area contributed by atoms with Crippen LogP contribution in [-0.2, 0) is 16.0 Å². The van der Waals surface area contributed by atoms with Gasteiger partial charge in [0.25, 0.3) is 0 Å². The summed E-state index contributed by atoms with van der Waals surface area (Å²) < 4.78 is 0. The number of para-hydroxylation sites is 1. The molecule has 1 fully saturated rings. The minimum Gasteiger partial charge on any atom is -0.481 e. The number of carbonyl (C=O) groups is 2. The lowest BCUT2D eigenvalue weighted by Gasteiger charge is -2.49. The number of carboxylic acids is 1. The molecule has 1 aromatic carbocycles. The molecule has 5 heteroatoms. The fourth-order valence-corrected chi connectivity index (χ4v) is 4.79. The molecule has 2 aliphatic heterocycles. The normalized spacial score (nSPS) is 25.4. The summed E-state index contributed by atoms with van der Waals surface area (Å²) in [5, 5.41) is 11.1. The molecular weight excluding hydrogens is 316 g/mol. The number of carbonyl (C=O) groups excluding carboxylic acids is 1. The van der Waals surface area contributed by atoms with Gasteiger partial charge in [0.1, 0.15) is 0 Å². The van der Waals surface area contributed by atoms with Gasteiger partial charge < -0.3 is 15.0 Å². The molecule has 25 heavy (non-hydrogen) atoms. The second kappa shape index (κ2) is 5.61. The van der Waals surface area contributed by atoms with Gasteiger partial charge in [-0.05, 0) is 37.8 Å². The van der Waals surface area contributed by atoms with Crippen LogP contribution in [0, 0.1) is 11.3 Å². The monoisotopic (exact) mass is 340 g/mol. The molecule has 132 valence electrons. The summed E-state index contributed by atoms with van der Waals surface area (Å²) in [7, 11) is 0. The number of rotatable bonds is 3. The van der Waals surface area contributed by atoms with Crippen LogP contribution in [0.25, 0.3) is 10.9 Å². The van der Waals surface area contributed by atoms with E-state index in [2.05, 4.69) is 11.1 Å². The van der Waals surface area contributed by atoms with Crippen LogP contribution in [0.1, 0.15) is 50.4 Å². The quantitative estimate of drug-likeness (QED) is 0.898. The third kappa shape index (κ3) is 2.21. The largest absolute Gasteiger partial charge is 0.481 e. The first-order valence-corrected chi connectivity index (χ1v) is 9.09. The minimum absolute atomic E-state index is 0.0835. The van der Waals surface area contributed by atoms with Crippen molar-refractivity contribution in [2.24, 2.45) is 11.3 Å². The number of aliphatic carboxylic acids is 1. The van der Waals surface area contributed by atoms with Crippen LogP contribution in [-0.4, -0.2) is 33.4 Å². The molecule has 0 bridgehead atoms. The predicted molar refractivity (Wildman–Crippen MR) is 95.2 cm³/mol. The van der Waals surface area contributed by atoms with E-state index in [0.29, 0.717) is 25.8 Å². The second-order valence-electron chi connectivity index (χ2n) is 7.57. The minimum atomic E-state index is -0.838. The number of benzene rings is 1. The van der Waals surface area contributed by atoms with Crippen molar-refractivity contribution in [3.63, 3.8) is 0 Å². The Kier molecular flexibility index (Phi) is 3.63. The van der Waals surface area contributed by atoms with Gasteiger partial charge in [-0.25, -0.2) is 0 Å². The number of nitrogens with zero attached hydrogens (tertiary/aromatic N) is 1. The van der Waals surface area contributed by atoms with E-state index >= 15 is 0 Å². The van der Waals surface area contributed by atoms with Crippen molar-refractivity contribution < 1.29 is 14.7 Å². The van der Waals surface area contributed by atoms with E-state index < -0.39 is 11.4 Å². The summed E-state index contributed by atoms with van der Waals surface area (Å²) in [6.07, 6.45) is 2.45. The number of nitrogens with one attached hydrogen (secondary N) is 1. The molecule has 1 saturated heterocycles. The van der Waals surface area contributed by atoms with Crippen molar-refractivity contribution in [3.05, 3.63) is 35.5 Å². The Bertz CT molecular complexity index is 856. The summed E-state index contributed by atoms with van der Waals surface area (Å²) in [5.74, 6) is -0.702. The number of piperidine rings is 1.